The second kappa shape index (κ2) is 7.84. The molecule has 0 bridgehead atoms. The molecule has 0 heterocycles. The van der Waals surface area contributed by atoms with Crippen molar-refractivity contribution in [3.8, 4) is 5.75 Å². The molecule has 1 saturated carbocycles. The Kier molecular flexibility index (Phi) is 6.10. The molecule has 1 aliphatic carbocycles. The van der Waals surface area contributed by atoms with Gasteiger partial charge in [0, 0.05) is 6.04 Å². The first-order valence-electron chi connectivity index (χ1n) is 8.62. The van der Waals surface area contributed by atoms with Gasteiger partial charge in [0.05, 0.1) is 6.10 Å². The molecule has 1 unspecified atom stereocenters. The minimum Gasteiger partial charge on any atom is -0.491 e. The van der Waals surface area contributed by atoms with Crippen molar-refractivity contribution in [3.05, 3.63) is 29.8 Å². The lowest BCUT2D eigenvalue weighted by Gasteiger charge is -2.32. The van der Waals surface area contributed by atoms with E-state index in [1.165, 1.54) is 44.1 Å². The molecule has 2 heteroatoms. The van der Waals surface area contributed by atoms with Crippen LogP contribution in [0.3, 0.4) is 0 Å². The summed E-state index contributed by atoms with van der Waals surface area (Å²) in [6.45, 7) is 6.39. The Morgan fingerprint density at radius 1 is 1.10 bits per heavy atom. The summed E-state index contributed by atoms with van der Waals surface area (Å²) in [5.74, 6) is 2.53. The smallest absolute Gasteiger partial charge is 0.119 e. The van der Waals surface area contributed by atoms with Crippen LogP contribution in [0.1, 0.15) is 70.9 Å². The van der Waals surface area contributed by atoms with Gasteiger partial charge < -0.3 is 10.5 Å². The molecular weight excluding hydrogens is 258 g/mol. The summed E-state index contributed by atoms with van der Waals surface area (Å²) in [4.78, 5) is 0. The van der Waals surface area contributed by atoms with Crippen LogP contribution in [0.25, 0.3) is 0 Å². The Morgan fingerprint density at radius 2 is 1.71 bits per heavy atom. The number of hydrogen-bond acceptors (Lipinski definition) is 2. The van der Waals surface area contributed by atoms with Crippen molar-refractivity contribution in [2.75, 3.05) is 0 Å². The highest BCUT2D eigenvalue weighted by molar-refractivity contribution is 5.29. The molecular formula is C19H31NO. The lowest BCUT2D eigenvalue weighted by molar-refractivity contribution is 0.233. The van der Waals surface area contributed by atoms with Crippen LogP contribution >= 0.6 is 0 Å². The molecule has 1 aliphatic rings. The van der Waals surface area contributed by atoms with Crippen molar-refractivity contribution in [2.24, 2.45) is 17.6 Å². The zero-order chi connectivity index (χ0) is 15.2. The van der Waals surface area contributed by atoms with Crippen molar-refractivity contribution in [3.63, 3.8) is 0 Å². The monoisotopic (exact) mass is 289 g/mol. The third-order valence-corrected chi connectivity index (χ3v) is 4.73. The number of ether oxygens (including phenoxy) is 1. The van der Waals surface area contributed by atoms with Gasteiger partial charge in [0.15, 0.2) is 0 Å². The minimum absolute atomic E-state index is 0.181. The molecule has 2 N–H and O–H groups in total. The van der Waals surface area contributed by atoms with Gasteiger partial charge >= 0.3 is 0 Å². The van der Waals surface area contributed by atoms with Crippen LogP contribution in [0.15, 0.2) is 24.3 Å². The van der Waals surface area contributed by atoms with Crippen LogP contribution in [-0.4, -0.2) is 6.10 Å². The second-order valence-corrected chi connectivity index (χ2v) is 6.83. The van der Waals surface area contributed by atoms with Crippen LogP contribution in [0.4, 0.5) is 0 Å². The van der Waals surface area contributed by atoms with Crippen LogP contribution in [0.2, 0.25) is 0 Å². The summed E-state index contributed by atoms with van der Waals surface area (Å²) in [5.41, 5.74) is 7.75. The zero-order valence-corrected chi connectivity index (χ0v) is 13.8. The molecule has 1 atom stereocenters. The van der Waals surface area contributed by atoms with E-state index >= 15 is 0 Å². The average molecular weight is 289 g/mol. The fourth-order valence-electron chi connectivity index (χ4n) is 3.56. The quantitative estimate of drug-likeness (QED) is 0.792. The van der Waals surface area contributed by atoms with E-state index in [4.69, 9.17) is 10.5 Å². The third kappa shape index (κ3) is 4.74. The summed E-state index contributed by atoms with van der Waals surface area (Å²) in [6, 6.07) is 8.57. The summed E-state index contributed by atoms with van der Waals surface area (Å²) in [7, 11) is 0. The highest BCUT2D eigenvalue weighted by Crippen LogP contribution is 2.37. The molecule has 0 spiro atoms. The number of nitrogens with two attached hydrogens (primary N) is 1. The van der Waals surface area contributed by atoms with Gasteiger partial charge in [-0.1, -0.05) is 44.7 Å². The fraction of sp³-hybridized carbons (Fsp3) is 0.684. The molecule has 0 aliphatic heterocycles. The predicted octanol–water partition coefficient (Wildman–Crippen LogP) is 5.08. The van der Waals surface area contributed by atoms with Crippen molar-refractivity contribution in [2.45, 2.75) is 71.4 Å². The van der Waals surface area contributed by atoms with Crippen molar-refractivity contribution >= 4 is 0 Å². The number of benzene rings is 1. The Hall–Kier alpha value is -1.02. The van der Waals surface area contributed by atoms with E-state index < -0.39 is 0 Å². The van der Waals surface area contributed by atoms with E-state index in [2.05, 4.69) is 31.2 Å². The Bertz CT molecular complexity index is 404. The molecule has 2 rings (SSSR count). The maximum absolute atomic E-state index is 6.50. The highest BCUT2D eigenvalue weighted by atomic mass is 16.5. The van der Waals surface area contributed by atoms with Gasteiger partial charge in [-0.3, -0.25) is 0 Å². The molecule has 0 amide bonds. The van der Waals surface area contributed by atoms with E-state index in [-0.39, 0.29) is 12.1 Å². The fourth-order valence-corrected chi connectivity index (χ4v) is 3.56. The third-order valence-electron chi connectivity index (χ3n) is 4.73. The molecule has 0 radical (unpaired) electrons. The first-order chi connectivity index (χ1) is 10.1. The first kappa shape index (κ1) is 16.4. The summed E-state index contributed by atoms with van der Waals surface area (Å²) in [6.07, 6.45) is 8.23. The van der Waals surface area contributed by atoms with Gasteiger partial charge in [0.25, 0.3) is 0 Å². The van der Waals surface area contributed by atoms with Crippen molar-refractivity contribution in [1.29, 1.82) is 0 Å². The Morgan fingerprint density at radius 3 is 2.24 bits per heavy atom. The molecule has 0 saturated heterocycles. The van der Waals surface area contributed by atoms with Gasteiger partial charge in [0.2, 0.25) is 0 Å². The van der Waals surface area contributed by atoms with Crippen molar-refractivity contribution < 1.29 is 4.74 Å². The van der Waals surface area contributed by atoms with Gasteiger partial charge in [-0.2, -0.15) is 0 Å². The van der Waals surface area contributed by atoms with E-state index in [9.17, 15) is 0 Å². The minimum atomic E-state index is 0.181. The van der Waals surface area contributed by atoms with Gasteiger partial charge in [-0.25, -0.2) is 0 Å². The SMILES string of the molecule is CCCC1CCC(C(N)c2ccc(OC(C)C)cc2)CC1. The second-order valence-electron chi connectivity index (χ2n) is 6.83. The molecule has 1 fully saturated rings. The maximum Gasteiger partial charge on any atom is 0.119 e. The molecule has 1 aromatic rings. The Labute approximate surface area is 130 Å². The lowest BCUT2D eigenvalue weighted by atomic mass is 9.76. The van der Waals surface area contributed by atoms with E-state index in [1.54, 1.807) is 0 Å². The Balaban J connectivity index is 1.90. The number of rotatable bonds is 6. The topological polar surface area (TPSA) is 35.2 Å². The number of hydrogen-bond donors (Lipinski definition) is 1. The molecule has 0 aromatic heterocycles. The average Bonchev–Trinajstić information content (AvgIpc) is 2.48. The van der Waals surface area contributed by atoms with E-state index in [0.29, 0.717) is 5.92 Å². The largest absolute Gasteiger partial charge is 0.491 e. The molecule has 118 valence electrons. The predicted molar refractivity (Wildman–Crippen MR) is 89.5 cm³/mol. The van der Waals surface area contributed by atoms with Crippen LogP contribution in [0.5, 0.6) is 5.75 Å². The van der Waals surface area contributed by atoms with Gasteiger partial charge in [-0.15, -0.1) is 0 Å². The van der Waals surface area contributed by atoms with Crippen LogP contribution in [-0.2, 0) is 0 Å². The molecule has 21 heavy (non-hydrogen) atoms. The molecule has 2 nitrogen and oxygen atoms in total. The van der Waals surface area contributed by atoms with E-state index in [1.807, 2.05) is 13.8 Å². The van der Waals surface area contributed by atoms with Gasteiger partial charge in [-0.05, 0) is 56.2 Å². The molecule has 1 aromatic carbocycles. The van der Waals surface area contributed by atoms with Crippen molar-refractivity contribution in [1.82, 2.24) is 0 Å². The summed E-state index contributed by atoms with van der Waals surface area (Å²) >= 11 is 0. The van der Waals surface area contributed by atoms with Crippen LogP contribution < -0.4 is 10.5 Å². The standard InChI is InChI=1S/C19H31NO/c1-4-5-15-6-8-16(9-7-15)19(20)17-10-12-18(13-11-17)21-14(2)3/h10-16,19H,4-9,20H2,1-3H3. The zero-order valence-electron chi connectivity index (χ0n) is 13.8. The lowest BCUT2D eigenvalue weighted by Crippen LogP contribution is -2.26. The summed E-state index contributed by atoms with van der Waals surface area (Å²) in [5, 5.41) is 0. The highest BCUT2D eigenvalue weighted by Gasteiger charge is 2.26. The van der Waals surface area contributed by atoms with Crippen LogP contribution in [0, 0.1) is 11.8 Å². The van der Waals surface area contributed by atoms with E-state index in [0.717, 1.165) is 11.7 Å². The summed E-state index contributed by atoms with van der Waals surface area (Å²) < 4.78 is 5.69. The first-order valence-corrected chi connectivity index (χ1v) is 8.62. The normalized spacial score (nSPS) is 24.0. The van der Waals surface area contributed by atoms with Gasteiger partial charge in [0.1, 0.15) is 5.75 Å². The maximum atomic E-state index is 6.50.